The molecule has 1 aliphatic carbocycles. The number of esters is 2. The first kappa shape index (κ1) is 27.1. The van der Waals surface area contributed by atoms with Gasteiger partial charge in [0.25, 0.3) is 0 Å². The number of rotatable bonds is 8. The number of aliphatic hydroxyl groups is 1. The van der Waals surface area contributed by atoms with E-state index in [0.717, 1.165) is 23.1 Å². The van der Waals surface area contributed by atoms with E-state index in [1.54, 1.807) is 0 Å². The van der Waals surface area contributed by atoms with Gasteiger partial charge in [-0.25, -0.2) is 0 Å². The third kappa shape index (κ3) is 6.11. The van der Waals surface area contributed by atoms with E-state index in [2.05, 4.69) is 5.16 Å². The Morgan fingerprint density at radius 3 is 1.87 bits per heavy atom. The lowest BCUT2D eigenvalue weighted by molar-refractivity contribution is -0.165. The molecule has 4 unspecified atom stereocenters. The van der Waals surface area contributed by atoms with E-state index in [1.165, 1.54) is 6.92 Å². The molecule has 38 heavy (non-hydrogen) atoms. The normalized spacial score (nSPS) is 24.1. The molecular formula is C31H33NO6. The van der Waals surface area contributed by atoms with Crippen LogP contribution in [-0.2, 0) is 38.7 Å². The van der Waals surface area contributed by atoms with Crippen molar-refractivity contribution < 1.29 is 29.4 Å². The van der Waals surface area contributed by atoms with Gasteiger partial charge in [0.2, 0.25) is 0 Å². The SMILES string of the molecule is CCc1ccc(C2C(C(=O)OCc3ccccc3)/C(=N\O)CC(C)(O)C2C(=O)OCc2ccccc2)cc1. The maximum absolute atomic E-state index is 13.6. The van der Waals surface area contributed by atoms with Crippen molar-refractivity contribution in [3.05, 3.63) is 107 Å². The van der Waals surface area contributed by atoms with Crippen LogP contribution >= 0.6 is 0 Å². The molecular weight excluding hydrogens is 482 g/mol. The summed E-state index contributed by atoms with van der Waals surface area (Å²) in [6.07, 6.45) is 0.625. The first-order valence-electron chi connectivity index (χ1n) is 12.8. The van der Waals surface area contributed by atoms with Crippen molar-refractivity contribution in [3.8, 4) is 0 Å². The fraction of sp³-hybridized carbons (Fsp3) is 0.323. The van der Waals surface area contributed by atoms with Crippen molar-refractivity contribution in [1.29, 1.82) is 0 Å². The molecule has 2 N–H and O–H groups in total. The molecule has 0 saturated heterocycles. The molecule has 7 nitrogen and oxygen atoms in total. The predicted molar refractivity (Wildman–Crippen MR) is 142 cm³/mol. The van der Waals surface area contributed by atoms with E-state index in [-0.39, 0.29) is 25.3 Å². The number of nitrogens with zero attached hydrogens (tertiary/aromatic N) is 1. The minimum Gasteiger partial charge on any atom is -0.461 e. The van der Waals surface area contributed by atoms with E-state index in [0.29, 0.717) is 5.56 Å². The largest absolute Gasteiger partial charge is 0.461 e. The molecule has 1 aliphatic rings. The molecule has 4 atom stereocenters. The molecule has 198 valence electrons. The van der Waals surface area contributed by atoms with Crippen LogP contribution in [0.4, 0.5) is 0 Å². The van der Waals surface area contributed by atoms with Crippen molar-refractivity contribution in [2.75, 3.05) is 0 Å². The summed E-state index contributed by atoms with van der Waals surface area (Å²) in [6, 6.07) is 26.0. The van der Waals surface area contributed by atoms with Gasteiger partial charge < -0.3 is 19.8 Å². The van der Waals surface area contributed by atoms with Gasteiger partial charge in [-0.2, -0.15) is 0 Å². The van der Waals surface area contributed by atoms with Crippen LogP contribution < -0.4 is 0 Å². The Kier molecular flexibility index (Phi) is 8.59. The van der Waals surface area contributed by atoms with Crippen LogP contribution in [0, 0.1) is 11.8 Å². The van der Waals surface area contributed by atoms with Crippen molar-refractivity contribution in [3.63, 3.8) is 0 Å². The number of oxime groups is 1. The number of carbonyl (C=O) groups excluding carboxylic acids is 2. The van der Waals surface area contributed by atoms with E-state index in [4.69, 9.17) is 9.47 Å². The van der Waals surface area contributed by atoms with Crippen LogP contribution in [0.15, 0.2) is 90.1 Å². The fourth-order valence-electron chi connectivity index (χ4n) is 5.15. The van der Waals surface area contributed by atoms with E-state index >= 15 is 0 Å². The average molecular weight is 516 g/mol. The minimum atomic E-state index is -1.64. The van der Waals surface area contributed by atoms with Crippen molar-refractivity contribution >= 4 is 17.7 Å². The second-order valence-corrected chi connectivity index (χ2v) is 9.89. The molecule has 3 aromatic rings. The van der Waals surface area contributed by atoms with E-state index in [9.17, 15) is 19.9 Å². The van der Waals surface area contributed by atoms with Gasteiger partial charge in [-0.3, -0.25) is 9.59 Å². The monoisotopic (exact) mass is 515 g/mol. The van der Waals surface area contributed by atoms with Crippen LogP contribution in [0.25, 0.3) is 0 Å². The van der Waals surface area contributed by atoms with Gasteiger partial charge in [0, 0.05) is 12.3 Å². The summed E-state index contributed by atoms with van der Waals surface area (Å²) in [5.74, 6) is -4.35. The molecule has 3 aromatic carbocycles. The Bertz CT molecular complexity index is 1250. The van der Waals surface area contributed by atoms with Crippen molar-refractivity contribution in [2.45, 2.75) is 51.4 Å². The molecule has 1 saturated carbocycles. The zero-order valence-electron chi connectivity index (χ0n) is 21.6. The predicted octanol–water partition coefficient (Wildman–Crippen LogP) is 5.04. The second-order valence-electron chi connectivity index (χ2n) is 9.89. The molecule has 0 bridgehead atoms. The van der Waals surface area contributed by atoms with E-state index in [1.807, 2.05) is 91.9 Å². The molecule has 0 heterocycles. The summed E-state index contributed by atoms with van der Waals surface area (Å²) in [5, 5.41) is 24.8. The third-order valence-electron chi connectivity index (χ3n) is 7.14. The van der Waals surface area contributed by atoms with Gasteiger partial charge in [0.1, 0.15) is 19.1 Å². The topological polar surface area (TPSA) is 105 Å². The van der Waals surface area contributed by atoms with Crippen LogP contribution in [0.1, 0.15) is 48.4 Å². The number of carbonyl (C=O) groups is 2. The number of benzene rings is 3. The molecule has 0 amide bonds. The fourth-order valence-corrected chi connectivity index (χ4v) is 5.15. The summed E-state index contributed by atoms with van der Waals surface area (Å²) in [6.45, 7) is 3.59. The first-order chi connectivity index (χ1) is 18.3. The Morgan fingerprint density at radius 1 is 0.842 bits per heavy atom. The van der Waals surface area contributed by atoms with Gasteiger partial charge in [0.15, 0.2) is 0 Å². The summed E-state index contributed by atoms with van der Waals surface area (Å²) in [4.78, 5) is 27.2. The standard InChI is InChI=1S/C31H33NO6/c1-3-21-14-16-24(17-15-21)26-27(29(33)37-19-22-10-6-4-7-11-22)25(32-36)18-31(2,35)28(26)30(34)38-20-23-12-8-5-9-13-23/h4-17,26-28,35-36H,3,18-20H2,1-2H3/b32-25-. The van der Waals surface area contributed by atoms with Crippen LogP contribution in [0.5, 0.6) is 0 Å². The highest BCUT2D eigenvalue weighted by molar-refractivity contribution is 6.05. The lowest BCUT2D eigenvalue weighted by Gasteiger charge is -2.44. The summed E-state index contributed by atoms with van der Waals surface area (Å²) in [7, 11) is 0. The number of ether oxygens (including phenoxy) is 2. The number of aryl methyl sites for hydroxylation is 1. The highest BCUT2D eigenvalue weighted by Gasteiger charge is 2.56. The number of hydrogen-bond donors (Lipinski definition) is 2. The maximum Gasteiger partial charge on any atom is 0.315 e. The summed E-state index contributed by atoms with van der Waals surface area (Å²) < 4.78 is 11.3. The Morgan fingerprint density at radius 2 is 1.37 bits per heavy atom. The minimum absolute atomic E-state index is 0.0237. The molecule has 0 spiro atoms. The highest BCUT2D eigenvalue weighted by Crippen LogP contribution is 2.47. The first-order valence-corrected chi connectivity index (χ1v) is 12.8. The lowest BCUT2D eigenvalue weighted by Crippen LogP contribution is -2.55. The zero-order chi connectivity index (χ0) is 27.1. The molecule has 0 radical (unpaired) electrons. The highest BCUT2D eigenvalue weighted by atomic mass is 16.5. The smallest absolute Gasteiger partial charge is 0.315 e. The molecule has 0 aromatic heterocycles. The van der Waals surface area contributed by atoms with Crippen LogP contribution in [-0.4, -0.2) is 33.6 Å². The van der Waals surface area contributed by atoms with Gasteiger partial charge >= 0.3 is 11.9 Å². The molecule has 4 rings (SSSR count). The average Bonchev–Trinajstić information content (AvgIpc) is 2.94. The van der Waals surface area contributed by atoms with Gasteiger partial charge in [-0.15, -0.1) is 0 Å². The summed E-state index contributed by atoms with van der Waals surface area (Å²) >= 11 is 0. The van der Waals surface area contributed by atoms with E-state index < -0.39 is 35.3 Å². The molecule has 1 fully saturated rings. The van der Waals surface area contributed by atoms with Crippen molar-refractivity contribution in [2.24, 2.45) is 17.0 Å². The van der Waals surface area contributed by atoms with Gasteiger partial charge in [0.05, 0.1) is 17.2 Å². The lowest BCUT2D eigenvalue weighted by atomic mass is 9.61. The Labute approximate surface area is 222 Å². The summed E-state index contributed by atoms with van der Waals surface area (Å²) in [5.41, 5.74) is 1.75. The Balaban J connectivity index is 1.70. The van der Waals surface area contributed by atoms with Gasteiger partial charge in [-0.1, -0.05) is 97.0 Å². The van der Waals surface area contributed by atoms with Crippen LogP contribution in [0.2, 0.25) is 0 Å². The van der Waals surface area contributed by atoms with Crippen molar-refractivity contribution in [1.82, 2.24) is 0 Å². The second kappa shape index (κ2) is 12.0. The molecule has 0 aliphatic heterocycles. The zero-order valence-corrected chi connectivity index (χ0v) is 21.6. The molecule has 7 heteroatoms. The quantitative estimate of drug-likeness (QED) is 0.247. The third-order valence-corrected chi connectivity index (χ3v) is 7.14. The van der Waals surface area contributed by atoms with Gasteiger partial charge in [-0.05, 0) is 35.6 Å². The Hall–Kier alpha value is -3.97. The maximum atomic E-state index is 13.6. The van der Waals surface area contributed by atoms with Crippen LogP contribution in [0.3, 0.4) is 0 Å². The number of hydrogen-bond acceptors (Lipinski definition) is 7.